The second kappa shape index (κ2) is 5.56. The van der Waals surface area contributed by atoms with E-state index in [2.05, 4.69) is 5.32 Å². The average molecular weight is 211 g/mol. The monoisotopic (exact) mass is 211 g/mol. The third kappa shape index (κ3) is 5.44. The molecule has 14 heavy (non-hydrogen) atoms. The molecule has 1 aliphatic heterocycles. The normalized spacial score (nSPS) is 22.9. The maximum absolute atomic E-state index is 11.7. The van der Waals surface area contributed by atoms with Crippen LogP contribution in [0, 0.1) is 0 Å². The van der Waals surface area contributed by atoms with Gasteiger partial charge in [-0.2, -0.15) is 13.2 Å². The fourth-order valence-corrected chi connectivity index (χ4v) is 1.50. The van der Waals surface area contributed by atoms with Crippen molar-refractivity contribution in [3.8, 4) is 0 Å². The van der Waals surface area contributed by atoms with Gasteiger partial charge >= 0.3 is 6.18 Å². The van der Waals surface area contributed by atoms with Crippen molar-refractivity contribution in [3.05, 3.63) is 0 Å². The molecule has 0 aromatic carbocycles. The highest BCUT2D eigenvalue weighted by atomic mass is 19.4. The van der Waals surface area contributed by atoms with Crippen LogP contribution in [-0.2, 0) is 4.74 Å². The van der Waals surface area contributed by atoms with Gasteiger partial charge in [0.2, 0.25) is 0 Å². The van der Waals surface area contributed by atoms with Gasteiger partial charge in [-0.3, -0.25) is 0 Å². The first-order chi connectivity index (χ1) is 6.58. The lowest BCUT2D eigenvalue weighted by atomic mass is 10.2. The molecule has 0 aromatic rings. The van der Waals surface area contributed by atoms with Crippen LogP contribution in [0.25, 0.3) is 0 Å². The zero-order chi connectivity index (χ0) is 10.4. The molecule has 1 fully saturated rings. The van der Waals surface area contributed by atoms with E-state index in [-0.39, 0.29) is 13.0 Å². The van der Waals surface area contributed by atoms with Crippen LogP contribution in [0.5, 0.6) is 0 Å². The first-order valence-electron chi connectivity index (χ1n) is 4.96. The summed E-state index contributed by atoms with van der Waals surface area (Å²) in [4.78, 5) is 0. The van der Waals surface area contributed by atoms with E-state index in [0.717, 1.165) is 19.4 Å². The van der Waals surface area contributed by atoms with Gasteiger partial charge in [0.15, 0.2) is 0 Å². The lowest BCUT2D eigenvalue weighted by Gasteiger charge is -2.11. The Bertz CT molecular complexity index is 155. The van der Waals surface area contributed by atoms with Crippen molar-refractivity contribution < 1.29 is 17.9 Å². The van der Waals surface area contributed by atoms with Crippen molar-refractivity contribution in [2.45, 2.75) is 37.9 Å². The second-order valence-corrected chi connectivity index (χ2v) is 3.59. The first kappa shape index (κ1) is 11.8. The van der Waals surface area contributed by atoms with Crippen molar-refractivity contribution in [2.24, 2.45) is 0 Å². The molecular formula is C9H16F3NO. The van der Waals surface area contributed by atoms with Crippen molar-refractivity contribution >= 4 is 0 Å². The van der Waals surface area contributed by atoms with E-state index in [1.165, 1.54) is 0 Å². The number of ether oxygens (including phenoxy) is 1. The number of hydrogen-bond donors (Lipinski definition) is 1. The minimum Gasteiger partial charge on any atom is -0.380 e. The molecule has 1 saturated heterocycles. The fraction of sp³-hybridized carbons (Fsp3) is 1.00. The SMILES string of the molecule is FC(F)(F)CCCOC[C@@H]1CCCN1. The summed E-state index contributed by atoms with van der Waals surface area (Å²) >= 11 is 0. The first-order valence-corrected chi connectivity index (χ1v) is 4.96. The summed E-state index contributed by atoms with van der Waals surface area (Å²) < 4.78 is 40.3. The van der Waals surface area contributed by atoms with E-state index in [9.17, 15) is 13.2 Å². The summed E-state index contributed by atoms with van der Waals surface area (Å²) in [7, 11) is 0. The zero-order valence-electron chi connectivity index (χ0n) is 8.07. The molecule has 1 atom stereocenters. The van der Waals surface area contributed by atoms with E-state index >= 15 is 0 Å². The Balaban J connectivity index is 1.89. The number of rotatable bonds is 5. The molecule has 1 rings (SSSR count). The summed E-state index contributed by atoms with van der Waals surface area (Å²) in [5, 5.41) is 3.22. The lowest BCUT2D eigenvalue weighted by molar-refractivity contribution is -0.138. The van der Waals surface area contributed by atoms with Crippen LogP contribution in [0.2, 0.25) is 0 Å². The largest absolute Gasteiger partial charge is 0.389 e. The van der Waals surface area contributed by atoms with E-state index in [4.69, 9.17) is 4.74 Å². The van der Waals surface area contributed by atoms with Crippen LogP contribution in [0.4, 0.5) is 13.2 Å². The van der Waals surface area contributed by atoms with E-state index in [1.54, 1.807) is 0 Å². The molecule has 0 aliphatic carbocycles. The fourth-order valence-electron chi connectivity index (χ4n) is 1.50. The Morgan fingerprint density at radius 3 is 2.71 bits per heavy atom. The average Bonchev–Trinajstić information content (AvgIpc) is 2.54. The van der Waals surface area contributed by atoms with Gasteiger partial charge in [-0.25, -0.2) is 0 Å². The molecule has 2 nitrogen and oxygen atoms in total. The van der Waals surface area contributed by atoms with E-state index in [0.29, 0.717) is 12.6 Å². The van der Waals surface area contributed by atoms with E-state index < -0.39 is 12.6 Å². The molecule has 0 saturated carbocycles. The van der Waals surface area contributed by atoms with Gasteiger partial charge in [-0.1, -0.05) is 0 Å². The molecular weight excluding hydrogens is 195 g/mol. The maximum atomic E-state index is 11.7. The highest BCUT2D eigenvalue weighted by molar-refractivity contribution is 4.73. The quantitative estimate of drug-likeness (QED) is 0.703. The van der Waals surface area contributed by atoms with Gasteiger partial charge in [0.05, 0.1) is 6.61 Å². The molecule has 0 bridgehead atoms. The lowest BCUT2D eigenvalue weighted by Crippen LogP contribution is -2.27. The van der Waals surface area contributed by atoms with Crippen molar-refractivity contribution in [2.75, 3.05) is 19.8 Å². The summed E-state index contributed by atoms with van der Waals surface area (Å²) in [5.41, 5.74) is 0. The Hall–Kier alpha value is -0.290. The topological polar surface area (TPSA) is 21.3 Å². The molecule has 5 heteroatoms. The van der Waals surface area contributed by atoms with Gasteiger partial charge in [-0.05, 0) is 25.8 Å². The number of nitrogens with one attached hydrogen (secondary N) is 1. The van der Waals surface area contributed by atoms with Crippen molar-refractivity contribution in [1.29, 1.82) is 0 Å². The van der Waals surface area contributed by atoms with Crippen molar-refractivity contribution in [3.63, 3.8) is 0 Å². The Labute approximate surface area is 81.8 Å². The maximum Gasteiger partial charge on any atom is 0.389 e. The molecule has 1 aliphatic rings. The van der Waals surface area contributed by atoms with Crippen molar-refractivity contribution in [1.82, 2.24) is 5.32 Å². The van der Waals surface area contributed by atoms with Gasteiger partial charge < -0.3 is 10.1 Å². The molecule has 0 unspecified atom stereocenters. The number of halogens is 3. The van der Waals surface area contributed by atoms with Gasteiger partial charge in [0, 0.05) is 19.1 Å². The van der Waals surface area contributed by atoms with Crippen LogP contribution in [0.3, 0.4) is 0 Å². The van der Waals surface area contributed by atoms with Crippen LogP contribution < -0.4 is 5.32 Å². The van der Waals surface area contributed by atoms with Gasteiger partial charge in [-0.15, -0.1) is 0 Å². The predicted molar refractivity (Wildman–Crippen MR) is 47.1 cm³/mol. The molecule has 0 amide bonds. The predicted octanol–water partition coefficient (Wildman–Crippen LogP) is 2.10. The molecule has 84 valence electrons. The third-order valence-electron chi connectivity index (χ3n) is 2.23. The zero-order valence-corrected chi connectivity index (χ0v) is 8.07. The Kier molecular flexibility index (Phi) is 4.68. The Morgan fingerprint density at radius 2 is 2.14 bits per heavy atom. The molecule has 0 radical (unpaired) electrons. The van der Waals surface area contributed by atoms with Crippen LogP contribution >= 0.6 is 0 Å². The summed E-state index contributed by atoms with van der Waals surface area (Å²) in [6, 6.07) is 0.348. The minimum absolute atomic E-state index is 0.0657. The van der Waals surface area contributed by atoms with Gasteiger partial charge in [0.25, 0.3) is 0 Å². The highest BCUT2D eigenvalue weighted by Crippen LogP contribution is 2.21. The Morgan fingerprint density at radius 1 is 1.36 bits per heavy atom. The number of hydrogen-bond acceptors (Lipinski definition) is 2. The highest BCUT2D eigenvalue weighted by Gasteiger charge is 2.26. The molecule has 1 heterocycles. The molecule has 1 N–H and O–H groups in total. The van der Waals surface area contributed by atoms with Crippen LogP contribution in [-0.4, -0.2) is 32.0 Å². The third-order valence-corrected chi connectivity index (χ3v) is 2.23. The van der Waals surface area contributed by atoms with Crippen LogP contribution in [0.15, 0.2) is 0 Å². The van der Waals surface area contributed by atoms with E-state index in [1.807, 2.05) is 0 Å². The van der Waals surface area contributed by atoms with Gasteiger partial charge in [0.1, 0.15) is 0 Å². The molecule has 0 aromatic heterocycles. The summed E-state index contributed by atoms with van der Waals surface area (Å²) in [6.45, 7) is 1.74. The minimum atomic E-state index is -4.05. The smallest absolute Gasteiger partial charge is 0.380 e. The summed E-state index contributed by atoms with van der Waals surface area (Å²) in [5.74, 6) is 0. The second-order valence-electron chi connectivity index (χ2n) is 3.59. The molecule has 0 spiro atoms. The standard InChI is InChI=1S/C9H16F3NO/c10-9(11,12)4-2-6-14-7-8-3-1-5-13-8/h8,13H,1-7H2/t8-/m0/s1. The van der Waals surface area contributed by atoms with Crippen LogP contribution in [0.1, 0.15) is 25.7 Å². The number of alkyl halides is 3. The summed E-state index contributed by atoms with van der Waals surface area (Å²) in [6.07, 6.45) is -2.52.